The zero-order chi connectivity index (χ0) is 21.6. The average molecular weight is 400 g/mol. The number of imidazole rings is 1. The Bertz CT molecular complexity index is 946. The van der Waals surface area contributed by atoms with E-state index in [1.54, 1.807) is 49.7 Å². The molecule has 29 heavy (non-hydrogen) atoms. The van der Waals surface area contributed by atoms with E-state index in [0.717, 1.165) is 20.2 Å². The van der Waals surface area contributed by atoms with Gasteiger partial charge in [0.2, 0.25) is 11.8 Å². The van der Waals surface area contributed by atoms with E-state index in [9.17, 15) is 19.6 Å². The Morgan fingerprint density at radius 2 is 1.52 bits per heavy atom. The van der Waals surface area contributed by atoms with Crippen molar-refractivity contribution in [1.29, 1.82) is 0 Å². The molecular formula is C20H24N4O5. The van der Waals surface area contributed by atoms with Crippen LogP contribution in [0.1, 0.15) is 28.7 Å². The highest BCUT2D eigenvalue weighted by molar-refractivity contribution is 6.16. The van der Waals surface area contributed by atoms with Crippen molar-refractivity contribution in [2.24, 2.45) is 13.0 Å². The third-order valence-corrected chi connectivity index (χ3v) is 5.74. The fourth-order valence-corrected chi connectivity index (χ4v) is 3.73. The standard InChI is InChI=1S/C20H24N4O5/c1-11-12(2)24(28)17(21(11)3)15(13-7-9-14(29-6)10-8-13)16-18(25)22(4)20(27)23(5)19(16)26/h7-10,15-16H,1-6H3. The molecule has 1 aromatic heterocycles. The molecule has 0 N–H and O–H groups in total. The van der Waals surface area contributed by atoms with Gasteiger partial charge in [-0.3, -0.25) is 19.4 Å². The number of carbonyl (C=O) groups is 3. The largest absolute Gasteiger partial charge is 0.711 e. The lowest BCUT2D eigenvalue weighted by Gasteiger charge is -2.35. The fourth-order valence-electron chi connectivity index (χ4n) is 3.73. The maximum atomic E-state index is 13.0. The number of benzene rings is 1. The van der Waals surface area contributed by atoms with Crippen LogP contribution in [-0.2, 0) is 16.6 Å². The molecule has 2 heterocycles. The summed E-state index contributed by atoms with van der Waals surface area (Å²) in [4.78, 5) is 40.1. The van der Waals surface area contributed by atoms with Gasteiger partial charge in [0.15, 0.2) is 0 Å². The molecule has 3 rings (SSSR count). The van der Waals surface area contributed by atoms with E-state index in [1.165, 1.54) is 21.2 Å². The van der Waals surface area contributed by atoms with Gasteiger partial charge in [0, 0.05) is 27.9 Å². The van der Waals surface area contributed by atoms with Crippen LogP contribution in [0.25, 0.3) is 0 Å². The molecule has 1 fully saturated rings. The molecule has 0 saturated carbocycles. The summed E-state index contributed by atoms with van der Waals surface area (Å²) in [6, 6.07) is 6.16. The molecule has 1 aromatic carbocycles. The van der Waals surface area contributed by atoms with Crippen molar-refractivity contribution in [3.63, 3.8) is 0 Å². The zero-order valence-electron chi connectivity index (χ0n) is 17.3. The average Bonchev–Trinajstić information content (AvgIpc) is 2.91. The van der Waals surface area contributed by atoms with Crippen molar-refractivity contribution < 1.29 is 23.9 Å². The normalized spacial score (nSPS) is 16.6. The van der Waals surface area contributed by atoms with Crippen molar-refractivity contribution in [3.05, 3.63) is 52.2 Å². The van der Waals surface area contributed by atoms with Gasteiger partial charge in [0.1, 0.15) is 29.0 Å². The van der Waals surface area contributed by atoms with Crippen molar-refractivity contribution in [3.8, 4) is 5.75 Å². The van der Waals surface area contributed by atoms with Gasteiger partial charge in [-0.2, -0.15) is 0 Å². The summed E-state index contributed by atoms with van der Waals surface area (Å²) in [5.74, 6) is -2.55. The summed E-state index contributed by atoms with van der Waals surface area (Å²) in [5.41, 5.74) is 1.80. The van der Waals surface area contributed by atoms with Crippen LogP contribution in [0.15, 0.2) is 24.3 Å². The highest BCUT2D eigenvalue weighted by Gasteiger charge is 2.51. The first kappa shape index (κ1) is 20.4. The van der Waals surface area contributed by atoms with Gasteiger partial charge >= 0.3 is 6.03 Å². The molecule has 0 spiro atoms. The van der Waals surface area contributed by atoms with Crippen molar-refractivity contribution in [2.45, 2.75) is 19.8 Å². The molecule has 1 atom stereocenters. The van der Waals surface area contributed by atoms with E-state index in [-0.39, 0.29) is 5.82 Å². The van der Waals surface area contributed by atoms with Crippen LogP contribution in [0, 0.1) is 25.0 Å². The Kier molecular flexibility index (Phi) is 5.08. The maximum absolute atomic E-state index is 13.0. The van der Waals surface area contributed by atoms with Crippen LogP contribution in [0.5, 0.6) is 5.75 Å². The lowest BCUT2D eigenvalue weighted by molar-refractivity contribution is -0.621. The number of hydrogen-bond acceptors (Lipinski definition) is 5. The van der Waals surface area contributed by atoms with Gasteiger partial charge in [0.05, 0.1) is 14.2 Å². The second-order valence-electron chi connectivity index (χ2n) is 7.19. The molecule has 4 amide bonds. The van der Waals surface area contributed by atoms with Crippen LogP contribution in [0.4, 0.5) is 4.79 Å². The molecule has 9 nitrogen and oxygen atoms in total. The second-order valence-corrected chi connectivity index (χ2v) is 7.19. The number of ether oxygens (including phenoxy) is 1. The van der Waals surface area contributed by atoms with E-state index >= 15 is 0 Å². The number of urea groups is 1. The minimum Gasteiger partial charge on any atom is -0.711 e. The number of aromatic nitrogens is 2. The lowest BCUT2D eigenvalue weighted by Crippen LogP contribution is -2.59. The first-order valence-corrected chi connectivity index (χ1v) is 9.10. The van der Waals surface area contributed by atoms with E-state index in [0.29, 0.717) is 17.0 Å². The number of imide groups is 2. The van der Waals surface area contributed by atoms with E-state index in [2.05, 4.69) is 0 Å². The predicted octanol–water partition coefficient (Wildman–Crippen LogP) is 1.08. The Balaban J connectivity index is 2.26. The number of methoxy groups -OCH3 is 1. The van der Waals surface area contributed by atoms with Gasteiger partial charge in [-0.05, 0) is 17.7 Å². The summed E-state index contributed by atoms with van der Waals surface area (Å²) < 4.78 is 7.63. The third kappa shape index (κ3) is 3.02. The summed E-state index contributed by atoms with van der Waals surface area (Å²) in [6.45, 7) is 3.48. The number of rotatable bonds is 4. The number of carbonyl (C=O) groups excluding carboxylic acids is 3. The monoisotopic (exact) mass is 400 g/mol. The van der Waals surface area contributed by atoms with Gasteiger partial charge < -0.3 is 9.94 Å². The van der Waals surface area contributed by atoms with Crippen LogP contribution in [-0.4, -0.2) is 53.4 Å². The predicted molar refractivity (Wildman–Crippen MR) is 103 cm³/mol. The molecule has 1 saturated heterocycles. The Morgan fingerprint density at radius 3 is 1.93 bits per heavy atom. The van der Waals surface area contributed by atoms with Crippen LogP contribution >= 0.6 is 0 Å². The van der Waals surface area contributed by atoms with E-state index in [1.807, 2.05) is 0 Å². The van der Waals surface area contributed by atoms with Gasteiger partial charge in [-0.15, -0.1) is 0 Å². The van der Waals surface area contributed by atoms with Crippen LogP contribution in [0.3, 0.4) is 0 Å². The summed E-state index contributed by atoms with van der Waals surface area (Å²) in [6.07, 6.45) is 0. The number of hydrogen-bond donors (Lipinski definition) is 0. The Hall–Kier alpha value is -3.36. The summed E-state index contributed by atoms with van der Waals surface area (Å²) in [5, 5.41) is 13.0. The van der Waals surface area contributed by atoms with Crippen molar-refractivity contribution >= 4 is 17.8 Å². The second kappa shape index (κ2) is 7.23. The molecule has 1 aliphatic heterocycles. The minimum absolute atomic E-state index is 0.257. The van der Waals surface area contributed by atoms with E-state index < -0.39 is 29.7 Å². The number of amides is 4. The molecule has 0 bridgehead atoms. The molecule has 9 heteroatoms. The molecule has 1 unspecified atom stereocenters. The van der Waals surface area contributed by atoms with Crippen LogP contribution < -0.4 is 9.47 Å². The van der Waals surface area contributed by atoms with Crippen molar-refractivity contribution in [2.75, 3.05) is 21.2 Å². The quantitative estimate of drug-likeness (QED) is 0.435. The molecule has 2 aromatic rings. The lowest BCUT2D eigenvalue weighted by atomic mass is 9.82. The topological polar surface area (TPSA) is 98.8 Å². The molecule has 1 aliphatic rings. The fraction of sp³-hybridized carbons (Fsp3) is 0.400. The SMILES string of the molecule is COc1ccc(C(c2n(C)c(C)c(C)[n+]2[O-])C2C(=O)N(C)C(=O)N(C)C2=O)cc1. The highest BCUT2D eigenvalue weighted by atomic mass is 16.5. The first-order chi connectivity index (χ1) is 13.6. The maximum Gasteiger partial charge on any atom is 0.332 e. The van der Waals surface area contributed by atoms with Crippen molar-refractivity contribution in [1.82, 2.24) is 14.4 Å². The van der Waals surface area contributed by atoms with Gasteiger partial charge in [-0.1, -0.05) is 12.1 Å². The molecule has 154 valence electrons. The number of barbiturate groups is 1. The minimum atomic E-state index is -1.25. The summed E-state index contributed by atoms with van der Waals surface area (Å²) in [7, 11) is 5.92. The third-order valence-electron chi connectivity index (χ3n) is 5.74. The van der Waals surface area contributed by atoms with E-state index in [4.69, 9.17) is 4.74 Å². The van der Waals surface area contributed by atoms with Crippen LogP contribution in [0.2, 0.25) is 0 Å². The first-order valence-electron chi connectivity index (χ1n) is 9.10. The smallest absolute Gasteiger partial charge is 0.332 e. The number of nitrogens with zero attached hydrogens (tertiary/aromatic N) is 4. The Labute approximate surface area is 168 Å². The zero-order valence-corrected chi connectivity index (χ0v) is 17.3. The molecular weight excluding hydrogens is 376 g/mol. The Morgan fingerprint density at radius 1 is 1.00 bits per heavy atom. The molecule has 0 radical (unpaired) electrons. The van der Waals surface area contributed by atoms with Gasteiger partial charge in [0.25, 0.3) is 5.82 Å². The molecule has 0 aliphatic carbocycles. The highest BCUT2D eigenvalue weighted by Crippen LogP contribution is 2.36. The summed E-state index contributed by atoms with van der Waals surface area (Å²) >= 11 is 0. The van der Waals surface area contributed by atoms with Gasteiger partial charge in [-0.25, -0.2) is 14.1 Å².